The molecule has 0 saturated carbocycles. The zero-order valence-electron chi connectivity index (χ0n) is 85.0. The fourth-order valence-corrected chi connectivity index (χ4v) is 15.1. The SMILES string of the molecule is CC(C)(C)OC(=O)NCCOCCOCCOCCOCCC(=O)O.CCNC(=O)c1nnc(-c2cc(C(C)C)c(O)cc2O)n1-c1ccc(OC2CCN(C(=O)CCOCCOCCOCCOCCNC(=O)CC[C@@H](C(=O)O)N3CCN(CC(=O)O)CCN(CC(=O)O)CCN(CC(=O)O)CC3)CC2)cc1.CCNC(=O)c1nnc(-c2cc(C(C)C)c(O)cc2O)n1-c1ccc(OC2CCNCC2)cc1.[3H]C.[Lu]. The Kier molecular flexibility index (Phi) is 56.7. The van der Waals surface area contributed by atoms with Crippen LogP contribution in [0.25, 0.3) is 34.2 Å². The minimum absolute atomic E-state index is 0. The number of benzene rings is 4. The maximum atomic E-state index is 13.1. The monoisotopic (exact) mass is 2190 g/mol. The molecule has 14 N–H and O–H groups in total. The van der Waals surface area contributed by atoms with Gasteiger partial charge in [0.05, 0.1) is 149 Å². The molecule has 3 aliphatic rings. The van der Waals surface area contributed by atoms with Crippen LogP contribution < -0.4 is 36.1 Å². The number of alkyl carbamates (subject to hydrolysis) is 1. The molecule has 0 aliphatic carbocycles. The number of aromatic nitrogens is 6. The number of carbonyl (C=O) groups excluding carboxylic acids is 5. The second kappa shape index (κ2) is 67.0. The fourth-order valence-electron chi connectivity index (χ4n) is 15.1. The number of nitrogens with one attached hydrogen (secondary N) is 5. The number of hydrogen-bond acceptors (Lipinski definition) is 34. The van der Waals surface area contributed by atoms with Crippen LogP contribution in [0.2, 0.25) is 0 Å². The molecule has 0 unspecified atom stereocenters. The number of rotatable bonds is 55. The third kappa shape index (κ3) is 45.4. The molecule has 9 rings (SSSR count). The van der Waals surface area contributed by atoms with Crippen LogP contribution in [-0.4, -0.2) is 413 Å². The number of ether oxygens (including phenoxy) is 11. The van der Waals surface area contributed by atoms with Crippen molar-refractivity contribution >= 4 is 59.6 Å². The molecule has 144 heavy (non-hydrogen) atoms. The first-order chi connectivity index (χ1) is 69.0. The van der Waals surface area contributed by atoms with E-state index in [1.165, 1.54) is 19.5 Å². The van der Waals surface area contributed by atoms with E-state index in [0.717, 1.165) is 31.7 Å². The molecule has 1 radical (unpaired) electrons. The molecule has 5 amide bonds. The van der Waals surface area contributed by atoms with Gasteiger partial charge in [0.2, 0.25) is 23.5 Å². The number of likely N-dealkylation sites (tertiary alicyclic amines) is 1. The van der Waals surface area contributed by atoms with Crippen LogP contribution in [0.5, 0.6) is 34.5 Å². The van der Waals surface area contributed by atoms with Crippen molar-refractivity contribution in [3.8, 4) is 68.6 Å². The first-order valence-electron chi connectivity index (χ1n) is 49.0. The minimum atomic E-state index is -1.19. The van der Waals surface area contributed by atoms with Gasteiger partial charge in [-0.05, 0) is 151 Å². The molecule has 6 aromatic rings. The van der Waals surface area contributed by atoms with Gasteiger partial charge in [-0.1, -0.05) is 35.1 Å². The van der Waals surface area contributed by atoms with Crippen molar-refractivity contribution in [1.29, 1.82) is 0 Å². The van der Waals surface area contributed by atoms with E-state index in [1.807, 2.05) is 58.9 Å². The number of aromatic hydroxyl groups is 4. The molecule has 46 nitrogen and oxygen atoms in total. The predicted molar refractivity (Wildman–Crippen MR) is 523 cm³/mol. The molecule has 47 heteroatoms. The number of aliphatic carboxylic acids is 5. The third-order valence-corrected chi connectivity index (χ3v) is 22.3. The van der Waals surface area contributed by atoms with Gasteiger partial charge >= 0.3 is 35.9 Å². The maximum Gasteiger partial charge on any atom is 0.407 e. The van der Waals surface area contributed by atoms with Crippen LogP contribution >= 0.6 is 0 Å². The van der Waals surface area contributed by atoms with Gasteiger partial charge < -0.3 is 130 Å². The fraction of sp³-hybridized carbons (Fsp3) is 0.608. The summed E-state index contributed by atoms with van der Waals surface area (Å²) in [7, 11) is 1.25. The summed E-state index contributed by atoms with van der Waals surface area (Å²) >= 11 is 0. The predicted octanol–water partition coefficient (Wildman–Crippen LogP) is 5.91. The molecule has 0 bridgehead atoms. The van der Waals surface area contributed by atoms with Crippen LogP contribution in [0.4, 0.5) is 4.79 Å². The normalized spacial score (nSPS) is 14.6. The second-order valence-electron chi connectivity index (χ2n) is 35.0. The molecule has 3 fully saturated rings. The molecular formula is C97H148LuN16O30. The molecule has 3 aliphatic heterocycles. The van der Waals surface area contributed by atoms with Crippen LogP contribution in [0.3, 0.4) is 0 Å². The zero-order valence-corrected chi connectivity index (χ0v) is 85.7. The quantitative estimate of drug-likeness (QED) is 0.0197. The Balaban J connectivity index is 0.000000483. The van der Waals surface area contributed by atoms with E-state index >= 15 is 0 Å². The first-order valence-corrected chi connectivity index (χ1v) is 48.0. The summed E-state index contributed by atoms with van der Waals surface area (Å²) in [5.74, 6) is -5.03. The van der Waals surface area contributed by atoms with Crippen molar-refractivity contribution < 1.29 is 184 Å². The van der Waals surface area contributed by atoms with Crippen molar-refractivity contribution in [3.05, 3.63) is 95.6 Å². The second-order valence-corrected chi connectivity index (χ2v) is 35.0. The van der Waals surface area contributed by atoms with Crippen molar-refractivity contribution in [2.24, 2.45) is 0 Å². The summed E-state index contributed by atoms with van der Waals surface area (Å²) in [5.41, 5.74) is 2.63. The number of amides is 5. The van der Waals surface area contributed by atoms with Crippen LogP contribution in [-0.2, 0) is 76.2 Å². The number of piperidine rings is 2. The summed E-state index contributed by atoms with van der Waals surface area (Å²) in [6.07, 6.45) is 2.80. The molecule has 4 aromatic carbocycles. The number of phenolic OH excluding ortho intramolecular Hbond substituents is 4. The average Bonchev–Trinajstić information content (AvgIpc) is 1.64. The standard InChI is InChI=1S/C55H82N10O18.C25H31N5O4.C16H31NO8.CH4.Lu/c1-4-56-54(76)53-59-58-52(43-33-42(38(2)3)45(66)34-46(43)67)65(53)39-5-7-40(8-6-39)83-41-11-15-64(16-12-41)48(69)13-25-79-27-29-81-31-32-82-30-28-80-26-14-57-47(68)10-9-44(55(77)78)63-23-21-61(36-50(72)73)19-17-60(35-49(70)71)18-20-62(22-24-63)37-51(74)75;1-4-27-25(33)24-29-28-23(20-13-19(15(2)3)21(31)14-22(20)32)30(24)16-5-7-17(8-6-16)34-18-9-11-26-12-10-18;1-16(2,3)25-15(20)17-5-7-22-9-11-24-13-12-23-10-8-21-6-4-14(18)19;;/h5-8,33-34,38,41,44,66-67H,4,9-32,35-37H2,1-3H3,(H,56,76)(H,57,68)(H,70,71)(H,72,73)(H,74,75)(H,77,78);5-8,13-15,18,26,31-32H,4,9-12H2,1-3H3,(H,27,33);4-13H2,1-3H3,(H,17,20)(H,18,19);1H4;/t44-;;;;/m0..../s1/i;;;1T;. The summed E-state index contributed by atoms with van der Waals surface area (Å²) in [4.78, 5) is 129. The topological polar surface area (TPSA) is 592 Å². The van der Waals surface area contributed by atoms with Gasteiger partial charge in [-0.3, -0.25) is 71.9 Å². The maximum absolute atomic E-state index is 13.1. The molecule has 0 spiro atoms. The van der Waals surface area contributed by atoms with E-state index in [1.54, 1.807) is 97.7 Å². The van der Waals surface area contributed by atoms with Crippen LogP contribution in [0.1, 0.15) is 167 Å². The molecule has 5 heterocycles. The van der Waals surface area contributed by atoms with E-state index < -0.39 is 59.4 Å². The van der Waals surface area contributed by atoms with Gasteiger partial charge in [0, 0.05) is 173 Å². The zero-order chi connectivity index (χ0) is 105. The Bertz CT molecular complexity index is 4860. The van der Waals surface area contributed by atoms with Gasteiger partial charge in [0.1, 0.15) is 58.3 Å². The summed E-state index contributed by atoms with van der Waals surface area (Å²) in [5, 5.41) is 120. The molecule has 811 valence electrons. The number of phenols is 4. The Morgan fingerprint density at radius 1 is 0.444 bits per heavy atom. The van der Waals surface area contributed by atoms with Crippen LogP contribution in [0, 0.1) is 36.9 Å². The molecule has 2 aromatic heterocycles. The molecule has 3 saturated heterocycles. The van der Waals surface area contributed by atoms with Crippen molar-refractivity contribution in [1.82, 2.24) is 80.6 Å². The van der Waals surface area contributed by atoms with E-state index in [2.05, 4.69) is 47.0 Å². The van der Waals surface area contributed by atoms with E-state index in [4.69, 9.17) is 58.6 Å². The van der Waals surface area contributed by atoms with Gasteiger partial charge in [-0.2, -0.15) is 0 Å². The summed E-state index contributed by atoms with van der Waals surface area (Å²) in [6, 6.07) is 19.3. The van der Waals surface area contributed by atoms with E-state index in [9.17, 15) is 88.8 Å². The molecular weight excluding hydrogens is 2040 g/mol. The van der Waals surface area contributed by atoms with E-state index in [-0.39, 0.29) is 250 Å². The van der Waals surface area contributed by atoms with Gasteiger partial charge in [-0.15, -0.1) is 20.4 Å². The smallest absolute Gasteiger partial charge is 0.407 e. The largest absolute Gasteiger partial charge is 0.508 e. The first kappa shape index (κ1) is 122. The Morgan fingerprint density at radius 3 is 1.17 bits per heavy atom. The average molecular weight is 2200 g/mol. The van der Waals surface area contributed by atoms with Gasteiger partial charge in [-0.25, -0.2) is 4.79 Å². The number of carbonyl (C=O) groups is 10. The Labute approximate surface area is 870 Å². The van der Waals surface area contributed by atoms with Gasteiger partial charge in [0.25, 0.3) is 11.8 Å². The minimum Gasteiger partial charge on any atom is -0.508 e. The number of carboxylic acid groups (broad SMARTS) is 5. The summed E-state index contributed by atoms with van der Waals surface area (Å²) < 4.78 is 69.6. The third-order valence-electron chi connectivity index (χ3n) is 22.3. The number of hydrogen-bond donors (Lipinski definition) is 14. The number of nitrogens with zero attached hydrogens (tertiary/aromatic N) is 11. The molecule has 1 atom stereocenters. The van der Waals surface area contributed by atoms with Crippen LogP contribution in [0.15, 0.2) is 72.8 Å². The summed E-state index contributed by atoms with van der Waals surface area (Å²) in [6.45, 7) is 26.6. The van der Waals surface area contributed by atoms with Gasteiger partial charge in [0.15, 0.2) is 11.6 Å². The van der Waals surface area contributed by atoms with E-state index in [0.29, 0.717) is 163 Å². The Morgan fingerprint density at radius 2 is 0.806 bits per heavy atom. The van der Waals surface area contributed by atoms with Crippen molar-refractivity contribution in [3.63, 3.8) is 0 Å². The van der Waals surface area contributed by atoms with Crippen molar-refractivity contribution in [2.45, 2.75) is 157 Å². The number of carboxylic acids is 5. The van der Waals surface area contributed by atoms with Crippen molar-refractivity contribution in [2.75, 3.05) is 230 Å². The Hall–Kier alpha value is -10.8.